The van der Waals surface area contributed by atoms with E-state index in [1.54, 1.807) is 11.3 Å². The lowest BCUT2D eigenvalue weighted by Crippen LogP contribution is -2.37. The summed E-state index contributed by atoms with van der Waals surface area (Å²) in [5.41, 5.74) is 0. The van der Waals surface area contributed by atoms with Crippen molar-refractivity contribution in [1.29, 1.82) is 0 Å². The molecule has 2 N–H and O–H groups in total. The normalized spacial score (nSPS) is 15.1. The Kier molecular flexibility index (Phi) is 11.6. The second-order valence-corrected chi connectivity index (χ2v) is 8.26. The fourth-order valence-corrected chi connectivity index (χ4v) is 3.69. The Labute approximate surface area is 199 Å². The van der Waals surface area contributed by atoms with E-state index in [9.17, 15) is 0 Å². The number of halogens is 1. The minimum absolute atomic E-state index is 0. The molecule has 0 unspecified atom stereocenters. The maximum absolute atomic E-state index is 5.85. The summed E-state index contributed by atoms with van der Waals surface area (Å²) < 4.78 is 13.2. The van der Waals surface area contributed by atoms with Gasteiger partial charge in [0.15, 0.2) is 11.8 Å². The highest BCUT2D eigenvalue weighted by atomic mass is 127. The lowest BCUT2D eigenvalue weighted by Gasteiger charge is -2.21. The van der Waals surface area contributed by atoms with Crippen LogP contribution in [-0.2, 0) is 29.6 Å². The number of aliphatic imine (C=N–C) groups is 1. The highest BCUT2D eigenvalue weighted by Crippen LogP contribution is 2.14. The summed E-state index contributed by atoms with van der Waals surface area (Å²) in [5.74, 6) is 3.16. The number of ether oxygens (including phenoxy) is 2. The van der Waals surface area contributed by atoms with Crippen LogP contribution in [0.3, 0.4) is 0 Å². The molecule has 8 nitrogen and oxygen atoms in total. The van der Waals surface area contributed by atoms with Crippen molar-refractivity contribution in [1.82, 2.24) is 25.4 Å². The van der Waals surface area contributed by atoms with Gasteiger partial charge in [0.1, 0.15) is 12.4 Å². The van der Waals surface area contributed by atoms with Gasteiger partial charge < -0.3 is 24.7 Å². The summed E-state index contributed by atoms with van der Waals surface area (Å²) in [5, 5.41) is 17.2. The van der Waals surface area contributed by atoms with Crippen molar-refractivity contribution >= 4 is 41.3 Å². The highest BCUT2D eigenvalue weighted by molar-refractivity contribution is 14.0. The van der Waals surface area contributed by atoms with E-state index in [1.165, 1.54) is 4.88 Å². The summed E-state index contributed by atoms with van der Waals surface area (Å²) in [4.78, 5) is 5.95. The number of rotatable bonds is 10. The van der Waals surface area contributed by atoms with Crippen molar-refractivity contribution in [2.24, 2.45) is 18.0 Å². The molecule has 0 bridgehead atoms. The van der Waals surface area contributed by atoms with Gasteiger partial charge in [-0.25, -0.2) is 4.99 Å². The molecule has 1 aliphatic rings. The first-order valence-corrected chi connectivity index (χ1v) is 11.1. The van der Waals surface area contributed by atoms with Gasteiger partial charge in [-0.1, -0.05) is 6.07 Å². The first-order valence-electron chi connectivity index (χ1n) is 10.3. The van der Waals surface area contributed by atoms with E-state index >= 15 is 0 Å². The fourth-order valence-electron chi connectivity index (χ4n) is 3.04. The number of guanidine groups is 1. The number of hydrogen-bond donors (Lipinski definition) is 2. The minimum atomic E-state index is 0. The van der Waals surface area contributed by atoms with E-state index in [2.05, 4.69) is 43.3 Å². The van der Waals surface area contributed by atoms with Gasteiger partial charge in [0.25, 0.3) is 0 Å². The zero-order valence-corrected chi connectivity index (χ0v) is 20.9. The smallest absolute Gasteiger partial charge is 0.192 e. The molecule has 0 aromatic carbocycles. The molecule has 3 rings (SSSR count). The van der Waals surface area contributed by atoms with Crippen molar-refractivity contribution in [3.05, 3.63) is 34.0 Å². The Morgan fingerprint density at radius 2 is 2.17 bits per heavy atom. The average Bonchev–Trinajstić information content (AvgIpc) is 3.37. The SMILES string of the molecule is Cc1nnc(CN=C(NCCCOCC2CCOCC2)NCc2cccs2)n1C.I. The molecular weight excluding hydrogens is 515 g/mol. The predicted molar refractivity (Wildman–Crippen MR) is 130 cm³/mol. The molecule has 1 fully saturated rings. The zero-order chi connectivity index (χ0) is 20.3. The van der Waals surface area contributed by atoms with Crippen LogP contribution in [0.15, 0.2) is 22.5 Å². The molecular formula is C20H33IN6O2S. The number of nitrogens with zero attached hydrogens (tertiary/aromatic N) is 4. The van der Waals surface area contributed by atoms with Crippen LogP contribution in [0.4, 0.5) is 0 Å². The average molecular weight is 548 g/mol. The third-order valence-electron chi connectivity index (χ3n) is 5.02. The summed E-state index contributed by atoms with van der Waals surface area (Å²) in [6.07, 6.45) is 3.17. The molecule has 30 heavy (non-hydrogen) atoms. The van der Waals surface area contributed by atoms with Crippen LogP contribution in [0.25, 0.3) is 0 Å². The fraction of sp³-hybridized carbons (Fsp3) is 0.650. The summed E-state index contributed by atoms with van der Waals surface area (Å²) >= 11 is 1.73. The standard InChI is InChI=1S/C20H32N6O2S.HI/c1-16-24-25-19(26(16)2)14-23-20(22-13-18-5-3-12-29-18)21-8-4-9-28-15-17-6-10-27-11-7-17;/h3,5,12,17H,4,6-11,13-15H2,1-2H3,(H2,21,22,23);1H. The van der Waals surface area contributed by atoms with Crippen LogP contribution in [-0.4, -0.2) is 53.7 Å². The van der Waals surface area contributed by atoms with E-state index in [1.807, 2.05) is 18.5 Å². The maximum atomic E-state index is 5.85. The van der Waals surface area contributed by atoms with Crippen molar-refractivity contribution in [2.45, 2.75) is 39.3 Å². The first kappa shape index (κ1) is 25.0. The van der Waals surface area contributed by atoms with Crippen molar-refractivity contribution < 1.29 is 9.47 Å². The molecule has 1 aliphatic heterocycles. The topological polar surface area (TPSA) is 85.6 Å². The van der Waals surface area contributed by atoms with Gasteiger partial charge in [-0.05, 0) is 43.6 Å². The molecule has 10 heteroatoms. The summed E-state index contributed by atoms with van der Waals surface area (Å²) in [6, 6.07) is 4.18. The van der Waals surface area contributed by atoms with E-state index in [-0.39, 0.29) is 24.0 Å². The second kappa shape index (κ2) is 13.9. The van der Waals surface area contributed by atoms with Gasteiger partial charge in [0.2, 0.25) is 0 Å². The summed E-state index contributed by atoms with van der Waals surface area (Å²) in [6.45, 7) is 7.32. The molecule has 1 saturated heterocycles. The molecule has 0 atom stereocenters. The van der Waals surface area contributed by atoms with Crippen LogP contribution in [0.5, 0.6) is 0 Å². The van der Waals surface area contributed by atoms with Gasteiger partial charge in [-0.15, -0.1) is 45.5 Å². The molecule has 0 amide bonds. The van der Waals surface area contributed by atoms with Gasteiger partial charge in [-0.2, -0.15) is 0 Å². The van der Waals surface area contributed by atoms with Gasteiger partial charge in [-0.3, -0.25) is 0 Å². The van der Waals surface area contributed by atoms with Gasteiger partial charge in [0, 0.05) is 44.9 Å². The molecule has 0 radical (unpaired) electrons. The zero-order valence-electron chi connectivity index (χ0n) is 17.8. The van der Waals surface area contributed by atoms with Crippen LogP contribution in [0, 0.1) is 12.8 Å². The van der Waals surface area contributed by atoms with Crippen LogP contribution < -0.4 is 10.6 Å². The molecule has 168 valence electrons. The number of nitrogens with one attached hydrogen (secondary N) is 2. The van der Waals surface area contributed by atoms with Crippen molar-refractivity contribution in [3.63, 3.8) is 0 Å². The Balaban J connectivity index is 0.00000320. The van der Waals surface area contributed by atoms with E-state index in [0.717, 1.165) is 76.4 Å². The van der Waals surface area contributed by atoms with Crippen LogP contribution >= 0.6 is 35.3 Å². The lowest BCUT2D eigenvalue weighted by molar-refractivity contribution is 0.0203. The number of thiophene rings is 1. The summed E-state index contributed by atoms with van der Waals surface area (Å²) in [7, 11) is 1.96. The second-order valence-electron chi connectivity index (χ2n) is 7.23. The quantitative estimate of drug-likeness (QED) is 0.206. The molecule has 2 aromatic heterocycles. The molecule has 3 heterocycles. The number of hydrogen-bond acceptors (Lipinski definition) is 6. The molecule has 0 aliphatic carbocycles. The number of aromatic nitrogens is 3. The first-order chi connectivity index (χ1) is 14.2. The predicted octanol–water partition coefficient (Wildman–Crippen LogP) is 2.87. The monoisotopic (exact) mass is 548 g/mol. The molecule has 0 spiro atoms. The molecule has 2 aromatic rings. The minimum Gasteiger partial charge on any atom is -0.381 e. The van der Waals surface area contributed by atoms with Crippen molar-refractivity contribution in [3.8, 4) is 0 Å². The third-order valence-corrected chi connectivity index (χ3v) is 5.90. The van der Waals surface area contributed by atoms with Crippen LogP contribution in [0.1, 0.15) is 35.8 Å². The maximum Gasteiger partial charge on any atom is 0.192 e. The van der Waals surface area contributed by atoms with Gasteiger partial charge in [0.05, 0.1) is 6.54 Å². The van der Waals surface area contributed by atoms with Crippen LogP contribution in [0.2, 0.25) is 0 Å². The number of aryl methyl sites for hydroxylation is 1. The van der Waals surface area contributed by atoms with E-state index in [0.29, 0.717) is 12.5 Å². The molecule has 0 saturated carbocycles. The van der Waals surface area contributed by atoms with E-state index < -0.39 is 0 Å². The highest BCUT2D eigenvalue weighted by Gasteiger charge is 2.13. The lowest BCUT2D eigenvalue weighted by atomic mass is 10.0. The van der Waals surface area contributed by atoms with Crippen molar-refractivity contribution in [2.75, 3.05) is 33.0 Å². The largest absolute Gasteiger partial charge is 0.381 e. The Morgan fingerprint density at radius 3 is 2.87 bits per heavy atom. The Morgan fingerprint density at radius 1 is 1.33 bits per heavy atom. The van der Waals surface area contributed by atoms with E-state index in [4.69, 9.17) is 9.47 Å². The van der Waals surface area contributed by atoms with Gasteiger partial charge >= 0.3 is 0 Å². The third kappa shape index (κ3) is 8.48. The Hall–Kier alpha value is -1.24. The Bertz CT molecular complexity index is 747.